The van der Waals surface area contributed by atoms with E-state index in [1.54, 1.807) is 0 Å². The minimum absolute atomic E-state index is 0.191. The Kier molecular flexibility index (Phi) is 6.22. The zero-order valence-electron chi connectivity index (χ0n) is 27.9. The van der Waals surface area contributed by atoms with Crippen molar-refractivity contribution in [1.82, 2.24) is 14.5 Å². The maximum Gasteiger partial charge on any atom is 0.161 e. The molecule has 236 valence electrons. The topological polar surface area (TPSA) is 30.7 Å². The van der Waals surface area contributed by atoms with Gasteiger partial charge in [0.15, 0.2) is 5.82 Å². The van der Waals surface area contributed by atoms with Crippen LogP contribution in [0.5, 0.6) is 0 Å². The Morgan fingerprint density at radius 1 is 0.460 bits per heavy atom. The molecule has 0 aliphatic heterocycles. The fourth-order valence-electron chi connectivity index (χ4n) is 8.17. The molecule has 3 heteroatoms. The predicted octanol–water partition coefficient (Wildman–Crippen LogP) is 12.0. The first-order valence-electron chi connectivity index (χ1n) is 17.3. The van der Waals surface area contributed by atoms with Gasteiger partial charge in [0.2, 0.25) is 0 Å². The molecule has 0 spiro atoms. The Morgan fingerprint density at radius 2 is 1.14 bits per heavy atom. The van der Waals surface area contributed by atoms with Crippen molar-refractivity contribution in [3.8, 4) is 50.6 Å². The van der Waals surface area contributed by atoms with Crippen LogP contribution in [-0.4, -0.2) is 14.5 Å². The van der Waals surface area contributed by atoms with E-state index in [4.69, 9.17) is 9.97 Å². The molecule has 1 aliphatic carbocycles. The molecular formula is C47H33N3. The summed E-state index contributed by atoms with van der Waals surface area (Å²) in [6, 6.07) is 58.7. The van der Waals surface area contributed by atoms with Gasteiger partial charge in [-0.25, -0.2) is 9.97 Å². The molecule has 0 radical (unpaired) electrons. The number of benzene rings is 7. The third-order valence-corrected chi connectivity index (χ3v) is 10.6. The Labute approximate surface area is 291 Å². The van der Waals surface area contributed by atoms with Crippen LogP contribution in [0.4, 0.5) is 0 Å². The van der Waals surface area contributed by atoms with E-state index in [-0.39, 0.29) is 5.41 Å². The molecule has 2 aromatic heterocycles. The minimum Gasteiger partial charge on any atom is -0.309 e. The van der Waals surface area contributed by atoms with E-state index in [2.05, 4.69) is 176 Å². The summed E-state index contributed by atoms with van der Waals surface area (Å²) in [6.45, 7) is 4.69. The number of hydrogen-bond donors (Lipinski definition) is 0. The Bertz CT molecular complexity index is 2770. The molecule has 50 heavy (non-hydrogen) atoms. The van der Waals surface area contributed by atoms with Crippen LogP contribution >= 0.6 is 0 Å². The summed E-state index contributed by atoms with van der Waals surface area (Å²) in [7, 11) is 0. The number of rotatable bonds is 4. The van der Waals surface area contributed by atoms with E-state index >= 15 is 0 Å². The Morgan fingerprint density at radius 3 is 1.98 bits per heavy atom. The van der Waals surface area contributed by atoms with Gasteiger partial charge in [0, 0.05) is 38.4 Å². The van der Waals surface area contributed by atoms with Crippen LogP contribution in [0, 0.1) is 0 Å². The lowest BCUT2D eigenvalue weighted by molar-refractivity contribution is 0.660. The lowest BCUT2D eigenvalue weighted by atomic mass is 9.81. The number of aromatic nitrogens is 3. The molecule has 0 bridgehead atoms. The highest BCUT2D eigenvalue weighted by molar-refractivity contribution is 6.10. The second kappa shape index (κ2) is 10.8. The van der Waals surface area contributed by atoms with Crippen LogP contribution in [0.1, 0.15) is 25.0 Å². The molecule has 0 atom stereocenters. The molecule has 0 saturated heterocycles. The zero-order valence-corrected chi connectivity index (χ0v) is 27.9. The van der Waals surface area contributed by atoms with Crippen molar-refractivity contribution in [2.24, 2.45) is 0 Å². The number of fused-ring (bicyclic) bond motifs is 7. The Balaban J connectivity index is 1.13. The van der Waals surface area contributed by atoms with Crippen LogP contribution in [-0.2, 0) is 5.41 Å². The van der Waals surface area contributed by atoms with Crippen LogP contribution < -0.4 is 0 Å². The monoisotopic (exact) mass is 639 g/mol. The van der Waals surface area contributed by atoms with Crippen LogP contribution in [0.2, 0.25) is 0 Å². The van der Waals surface area contributed by atoms with Gasteiger partial charge in [-0.3, -0.25) is 0 Å². The quantitative estimate of drug-likeness (QED) is 0.192. The van der Waals surface area contributed by atoms with Gasteiger partial charge in [0.1, 0.15) is 0 Å². The molecule has 2 heterocycles. The van der Waals surface area contributed by atoms with Crippen LogP contribution in [0.3, 0.4) is 0 Å². The average Bonchev–Trinajstić information content (AvgIpc) is 3.63. The van der Waals surface area contributed by atoms with Crippen molar-refractivity contribution >= 4 is 32.7 Å². The van der Waals surface area contributed by atoms with Crippen molar-refractivity contribution in [3.05, 3.63) is 175 Å². The molecule has 1 aliphatic rings. The second-order valence-electron chi connectivity index (χ2n) is 13.8. The smallest absolute Gasteiger partial charge is 0.161 e. The molecule has 0 unspecified atom stereocenters. The van der Waals surface area contributed by atoms with Crippen molar-refractivity contribution in [2.45, 2.75) is 19.3 Å². The van der Waals surface area contributed by atoms with Gasteiger partial charge in [-0.2, -0.15) is 0 Å². The number of hydrogen-bond acceptors (Lipinski definition) is 2. The summed E-state index contributed by atoms with van der Waals surface area (Å²) < 4.78 is 2.37. The molecule has 9 aromatic rings. The Hall–Kier alpha value is -6.32. The largest absolute Gasteiger partial charge is 0.309 e. The highest BCUT2D eigenvalue weighted by Gasteiger charge is 2.37. The lowest BCUT2D eigenvalue weighted by Crippen LogP contribution is -2.15. The van der Waals surface area contributed by atoms with E-state index in [1.165, 1.54) is 60.9 Å². The molecule has 0 fully saturated rings. The summed E-state index contributed by atoms with van der Waals surface area (Å²) >= 11 is 0. The maximum atomic E-state index is 5.27. The molecule has 10 rings (SSSR count). The SMILES string of the molecule is CC1(C)c2cc(-c3ccc4c(c3)c3ccccc3n4-c3ccccc3)ccc2-c2c(-c3nc(-c4ccccc4)c4ccccc4n3)cccc21. The van der Waals surface area contributed by atoms with Crippen LogP contribution in [0.15, 0.2) is 164 Å². The van der Waals surface area contributed by atoms with E-state index in [1.807, 2.05) is 6.07 Å². The summed E-state index contributed by atoms with van der Waals surface area (Å²) in [4.78, 5) is 10.4. The fourth-order valence-corrected chi connectivity index (χ4v) is 8.17. The third kappa shape index (κ3) is 4.23. The van der Waals surface area contributed by atoms with Gasteiger partial charge >= 0.3 is 0 Å². The normalized spacial score (nSPS) is 13.2. The third-order valence-electron chi connectivity index (χ3n) is 10.6. The van der Waals surface area contributed by atoms with E-state index in [9.17, 15) is 0 Å². The zero-order chi connectivity index (χ0) is 33.4. The molecular weight excluding hydrogens is 607 g/mol. The molecule has 0 N–H and O–H groups in total. The van der Waals surface area contributed by atoms with Gasteiger partial charge in [-0.15, -0.1) is 0 Å². The van der Waals surface area contributed by atoms with Gasteiger partial charge in [0.25, 0.3) is 0 Å². The van der Waals surface area contributed by atoms with Crippen molar-refractivity contribution in [1.29, 1.82) is 0 Å². The van der Waals surface area contributed by atoms with Gasteiger partial charge in [-0.1, -0.05) is 135 Å². The van der Waals surface area contributed by atoms with Gasteiger partial charge in [0.05, 0.1) is 22.2 Å². The maximum absolute atomic E-state index is 5.27. The summed E-state index contributed by atoms with van der Waals surface area (Å²) in [5.74, 6) is 0.757. The summed E-state index contributed by atoms with van der Waals surface area (Å²) in [5.41, 5.74) is 15.0. The second-order valence-corrected chi connectivity index (χ2v) is 13.8. The van der Waals surface area contributed by atoms with E-state index in [0.717, 1.165) is 33.5 Å². The molecule has 0 amide bonds. The van der Waals surface area contributed by atoms with Crippen molar-refractivity contribution in [2.75, 3.05) is 0 Å². The first kappa shape index (κ1) is 28.7. The van der Waals surface area contributed by atoms with E-state index < -0.39 is 0 Å². The first-order valence-corrected chi connectivity index (χ1v) is 17.3. The van der Waals surface area contributed by atoms with Crippen molar-refractivity contribution in [3.63, 3.8) is 0 Å². The highest BCUT2D eigenvalue weighted by Crippen LogP contribution is 2.53. The summed E-state index contributed by atoms with van der Waals surface area (Å²) in [6.07, 6.45) is 0. The average molecular weight is 640 g/mol. The van der Waals surface area contributed by atoms with Crippen LogP contribution in [0.25, 0.3) is 83.3 Å². The summed E-state index contributed by atoms with van der Waals surface area (Å²) in [5, 5.41) is 3.58. The molecule has 7 aromatic carbocycles. The fraction of sp³-hybridized carbons (Fsp3) is 0.0638. The van der Waals surface area contributed by atoms with Gasteiger partial charge < -0.3 is 4.57 Å². The van der Waals surface area contributed by atoms with E-state index in [0.29, 0.717) is 0 Å². The number of nitrogens with zero attached hydrogens (tertiary/aromatic N) is 3. The highest BCUT2D eigenvalue weighted by atomic mass is 15.0. The number of para-hydroxylation sites is 3. The standard InChI is InChI=1S/C47H33N3/c1-47(2)39-21-13-20-37(46-48-41-22-11-9-19-36(41)45(49-46)30-14-5-3-6-15-30)44(39)35-26-24-32(29-40(35)47)31-25-27-43-38(28-31)34-18-10-12-23-42(34)50(43)33-16-7-4-8-17-33/h3-29H,1-2H3. The molecule has 3 nitrogen and oxygen atoms in total. The van der Waals surface area contributed by atoms with Gasteiger partial charge in [-0.05, 0) is 75.8 Å². The lowest BCUT2D eigenvalue weighted by Gasteiger charge is -2.22. The first-order chi connectivity index (χ1) is 24.6. The molecule has 0 saturated carbocycles. The minimum atomic E-state index is -0.191. The predicted molar refractivity (Wildman–Crippen MR) is 208 cm³/mol. The van der Waals surface area contributed by atoms with Crippen molar-refractivity contribution < 1.29 is 0 Å².